The van der Waals surface area contributed by atoms with E-state index in [9.17, 15) is 18.0 Å². The Morgan fingerprint density at radius 2 is 1.90 bits per heavy atom. The van der Waals surface area contributed by atoms with E-state index in [1.165, 1.54) is 4.90 Å². The Hall–Kier alpha value is -1.54. The van der Waals surface area contributed by atoms with E-state index in [0.29, 0.717) is 0 Å². The zero-order valence-corrected chi connectivity index (χ0v) is 10.9. The van der Waals surface area contributed by atoms with Gasteiger partial charge in [-0.2, -0.15) is 13.2 Å². The average Bonchev–Trinajstić information content (AvgIpc) is 2.38. The van der Waals surface area contributed by atoms with Crippen LogP contribution in [0.5, 0.6) is 0 Å². The number of alkyl halides is 3. The molecule has 0 saturated carbocycles. The van der Waals surface area contributed by atoms with E-state index in [-0.39, 0.29) is 44.5 Å². The third kappa shape index (κ3) is 3.51. The fourth-order valence-corrected chi connectivity index (χ4v) is 1.80. The number of hydrogen-bond donors (Lipinski definition) is 1. The number of hydrogen-bond acceptors (Lipinski definition) is 4. The van der Waals surface area contributed by atoms with Crippen LogP contribution in [0.3, 0.4) is 0 Å². The molecule has 1 saturated heterocycles. The maximum atomic E-state index is 12.9. The minimum Gasteiger partial charge on any atom is -1.00 e. The van der Waals surface area contributed by atoms with Gasteiger partial charge in [-0.15, -0.1) is 0 Å². The lowest BCUT2D eigenvalue weighted by atomic mass is 10.2. The van der Waals surface area contributed by atoms with Gasteiger partial charge in [-0.3, -0.25) is 0 Å². The first-order valence-electron chi connectivity index (χ1n) is 5.54. The van der Waals surface area contributed by atoms with Crippen LogP contribution in [0.1, 0.15) is 16.1 Å². The van der Waals surface area contributed by atoms with Crippen molar-refractivity contribution in [3.05, 3.63) is 23.4 Å². The highest BCUT2D eigenvalue weighted by Crippen LogP contribution is 2.35. The summed E-state index contributed by atoms with van der Waals surface area (Å²) in [5, 5.41) is 8.81. The lowest BCUT2D eigenvalue weighted by Crippen LogP contribution is -3.00. The minimum atomic E-state index is -4.57. The molecule has 1 aromatic rings. The van der Waals surface area contributed by atoms with Crippen LogP contribution in [0, 0.1) is 0 Å². The van der Waals surface area contributed by atoms with Gasteiger partial charge in [-0.25, -0.2) is 9.78 Å². The number of ether oxygens (including phenoxy) is 1. The SMILES string of the molecule is O=C(O)c1ccc(C(F)(F)F)c(N2CCOCC2)n1.[Cl-]. The van der Waals surface area contributed by atoms with Gasteiger partial charge in [0.2, 0.25) is 0 Å². The first kappa shape index (κ1) is 16.5. The Kier molecular flexibility index (Phi) is 5.18. The molecule has 5 nitrogen and oxygen atoms in total. The molecule has 1 aromatic heterocycles. The smallest absolute Gasteiger partial charge is 0.419 e. The van der Waals surface area contributed by atoms with Gasteiger partial charge >= 0.3 is 12.1 Å². The van der Waals surface area contributed by atoms with E-state index in [1.807, 2.05) is 0 Å². The number of carboxylic acids is 1. The van der Waals surface area contributed by atoms with Gasteiger partial charge in [0.15, 0.2) is 5.69 Å². The van der Waals surface area contributed by atoms with Crippen molar-refractivity contribution in [1.29, 1.82) is 0 Å². The van der Waals surface area contributed by atoms with E-state index in [1.54, 1.807) is 0 Å². The van der Waals surface area contributed by atoms with Gasteiger partial charge < -0.3 is 27.2 Å². The summed E-state index contributed by atoms with van der Waals surface area (Å²) in [6.45, 7) is 1.07. The molecule has 0 atom stereocenters. The topological polar surface area (TPSA) is 62.7 Å². The van der Waals surface area contributed by atoms with Crippen molar-refractivity contribution in [3.8, 4) is 0 Å². The molecule has 0 aliphatic carbocycles. The summed E-state index contributed by atoms with van der Waals surface area (Å²) in [4.78, 5) is 15.8. The van der Waals surface area contributed by atoms with E-state index >= 15 is 0 Å². The molecule has 112 valence electrons. The summed E-state index contributed by atoms with van der Waals surface area (Å²) in [7, 11) is 0. The molecule has 0 amide bonds. The number of aromatic nitrogens is 1. The van der Waals surface area contributed by atoms with Crippen molar-refractivity contribution in [2.24, 2.45) is 0 Å². The van der Waals surface area contributed by atoms with Gasteiger partial charge in [0.05, 0.1) is 18.8 Å². The Balaban J connectivity index is 0.00000200. The van der Waals surface area contributed by atoms with Crippen LogP contribution in [0.2, 0.25) is 0 Å². The zero-order valence-electron chi connectivity index (χ0n) is 10.2. The van der Waals surface area contributed by atoms with Gasteiger partial charge in [0.25, 0.3) is 0 Å². The highest BCUT2D eigenvalue weighted by atomic mass is 35.5. The monoisotopic (exact) mass is 311 g/mol. The molecule has 0 unspecified atom stereocenters. The Bertz CT molecular complexity index is 490. The number of aromatic carboxylic acids is 1. The number of carboxylic acid groups (broad SMARTS) is 1. The van der Waals surface area contributed by atoms with Crippen molar-refractivity contribution in [1.82, 2.24) is 4.98 Å². The first-order chi connectivity index (χ1) is 8.89. The van der Waals surface area contributed by atoms with Gasteiger partial charge in [-0.05, 0) is 12.1 Å². The van der Waals surface area contributed by atoms with E-state index in [0.717, 1.165) is 12.1 Å². The lowest BCUT2D eigenvalue weighted by Gasteiger charge is -2.30. The molecule has 0 spiro atoms. The van der Waals surface area contributed by atoms with E-state index in [2.05, 4.69) is 4.98 Å². The summed E-state index contributed by atoms with van der Waals surface area (Å²) in [5.41, 5.74) is -1.34. The Morgan fingerprint density at radius 1 is 1.30 bits per heavy atom. The maximum absolute atomic E-state index is 12.9. The van der Waals surface area contributed by atoms with Crippen LogP contribution in [-0.2, 0) is 10.9 Å². The fourth-order valence-electron chi connectivity index (χ4n) is 1.80. The summed E-state index contributed by atoms with van der Waals surface area (Å²) in [6.07, 6.45) is -4.57. The van der Waals surface area contributed by atoms with Crippen molar-refractivity contribution in [3.63, 3.8) is 0 Å². The standard InChI is InChI=1S/C11H11F3N2O3.ClH/c12-11(13,14)7-1-2-8(10(17)18)15-9(7)16-3-5-19-6-4-16;/h1-2H,3-6H2,(H,17,18);1H/p-1. The van der Waals surface area contributed by atoms with Crippen molar-refractivity contribution >= 4 is 11.8 Å². The second-order valence-corrected chi connectivity index (χ2v) is 3.97. The molecule has 1 aliphatic heterocycles. The number of halogens is 4. The van der Waals surface area contributed by atoms with Crippen molar-refractivity contribution < 1.29 is 40.2 Å². The Morgan fingerprint density at radius 3 is 2.40 bits per heavy atom. The maximum Gasteiger partial charge on any atom is 0.419 e. The second kappa shape index (κ2) is 6.27. The van der Waals surface area contributed by atoms with Crippen LogP contribution in [0.4, 0.5) is 19.0 Å². The average molecular weight is 312 g/mol. The van der Waals surface area contributed by atoms with Gasteiger partial charge in [-0.1, -0.05) is 0 Å². The third-order valence-electron chi connectivity index (χ3n) is 2.71. The molecule has 1 aliphatic rings. The summed E-state index contributed by atoms with van der Waals surface area (Å²) in [6, 6.07) is 1.61. The van der Waals surface area contributed by atoms with Crippen molar-refractivity contribution in [2.75, 3.05) is 31.2 Å². The van der Waals surface area contributed by atoms with Crippen LogP contribution in [-0.4, -0.2) is 42.4 Å². The molecular formula is C11H11ClF3N2O3-. The number of rotatable bonds is 2. The quantitative estimate of drug-likeness (QED) is 0.731. The first-order valence-corrected chi connectivity index (χ1v) is 5.54. The number of pyridine rings is 1. The lowest BCUT2D eigenvalue weighted by molar-refractivity contribution is -0.137. The highest BCUT2D eigenvalue weighted by Gasteiger charge is 2.36. The summed E-state index contributed by atoms with van der Waals surface area (Å²) in [5.74, 6) is -1.71. The molecule has 2 heterocycles. The molecule has 1 N–H and O–H groups in total. The van der Waals surface area contributed by atoms with Crippen LogP contribution in [0.25, 0.3) is 0 Å². The molecule has 1 fully saturated rings. The molecule has 2 rings (SSSR count). The third-order valence-corrected chi connectivity index (χ3v) is 2.71. The summed E-state index contributed by atoms with van der Waals surface area (Å²) >= 11 is 0. The molecule has 20 heavy (non-hydrogen) atoms. The molecular weight excluding hydrogens is 301 g/mol. The summed E-state index contributed by atoms with van der Waals surface area (Å²) < 4.78 is 43.7. The zero-order chi connectivity index (χ0) is 14.0. The number of anilines is 1. The Labute approximate surface area is 118 Å². The van der Waals surface area contributed by atoms with E-state index in [4.69, 9.17) is 9.84 Å². The van der Waals surface area contributed by atoms with Crippen LogP contribution < -0.4 is 17.3 Å². The largest absolute Gasteiger partial charge is 1.00 e. The van der Waals surface area contributed by atoms with Crippen molar-refractivity contribution in [2.45, 2.75) is 6.18 Å². The predicted molar refractivity (Wildman–Crippen MR) is 59.2 cm³/mol. The number of carbonyl (C=O) groups is 1. The van der Waals surface area contributed by atoms with E-state index < -0.39 is 23.4 Å². The van der Waals surface area contributed by atoms with Gasteiger partial charge in [0.1, 0.15) is 5.82 Å². The number of morpholine rings is 1. The minimum absolute atomic E-state index is 0. The number of nitrogens with zero attached hydrogens (tertiary/aromatic N) is 2. The molecule has 0 radical (unpaired) electrons. The van der Waals surface area contributed by atoms with Crippen LogP contribution in [0.15, 0.2) is 12.1 Å². The van der Waals surface area contributed by atoms with Gasteiger partial charge in [0, 0.05) is 13.1 Å². The second-order valence-electron chi connectivity index (χ2n) is 3.97. The molecule has 0 bridgehead atoms. The predicted octanol–water partition coefficient (Wildman–Crippen LogP) is -1.36. The highest BCUT2D eigenvalue weighted by molar-refractivity contribution is 5.86. The normalized spacial score (nSPS) is 15.7. The van der Waals surface area contributed by atoms with Crippen LogP contribution >= 0.6 is 0 Å². The molecule has 0 aromatic carbocycles. The fraction of sp³-hybridized carbons (Fsp3) is 0.455. The molecule has 9 heteroatoms.